The molecule has 0 heterocycles. The molecule has 1 atom stereocenters. The first-order valence-corrected chi connectivity index (χ1v) is 8.83. The monoisotopic (exact) mass is 333 g/mol. The first-order chi connectivity index (χ1) is 10.7. The van der Waals surface area contributed by atoms with Gasteiger partial charge in [-0.1, -0.05) is 67.1 Å². The van der Waals surface area contributed by atoms with E-state index in [1.165, 1.54) is 5.56 Å². The maximum absolute atomic E-state index is 11.9. The van der Waals surface area contributed by atoms with Crippen molar-refractivity contribution in [1.29, 1.82) is 0 Å². The molecule has 0 aliphatic rings. The summed E-state index contributed by atoms with van der Waals surface area (Å²) in [7, 11) is 0. The zero-order valence-electron chi connectivity index (χ0n) is 12.6. The molecule has 2 rings (SSSR count). The van der Waals surface area contributed by atoms with Gasteiger partial charge < -0.3 is 5.32 Å². The zero-order chi connectivity index (χ0) is 15.8. The van der Waals surface area contributed by atoms with Crippen LogP contribution in [0.4, 0.5) is 0 Å². The summed E-state index contributed by atoms with van der Waals surface area (Å²) in [5.41, 5.74) is 2.31. The normalized spacial score (nSPS) is 11.9. The molecule has 2 aromatic carbocycles. The van der Waals surface area contributed by atoms with Crippen molar-refractivity contribution in [2.24, 2.45) is 0 Å². The van der Waals surface area contributed by atoms with Gasteiger partial charge >= 0.3 is 0 Å². The number of nitrogens with one attached hydrogen (secondary N) is 1. The third kappa shape index (κ3) is 5.39. The molecule has 2 nitrogen and oxygen atoms in total. The van der Waals surface area contributed by atoms with Crippen molar-refractivity contribution in [1.82, 2.24) is 5.32 Å². The van der Waals surface area contributed by atoms with Crippen molar-refractivity contribution in [3.63, 3.8) is 0 Å². The van der Waals surface area contributed by atoms with E-state index in [1.54, 1.807) is 11.8 Å². The highest BCUT2D eigenvalue weighted by atomic mass is 35.5. The van der Waals surface area contributed by atoms with Crippen molar-refractivity contribution in [2.75, 3.05) is 12.3 Å². The molecule has 0 aliphatic heterocycles. The molecule has 0 aliphatic carbocycles. The molecule has 1 N–H and O–H groups in total. The second-order valence-corrected chi connectivity index (χ2v) is 6.59. The first kappa shape index (κ1) is 16.9. The van der Waals surface area contributed by atoms with E-state index in [9.17, 15) is 4.79 Å². The number of rotatable bonds is 7. The Balaban J connectivity index is 1.69. The second kappa shape index (κ2) is 8.86. The van der Waals surface area contributed by atoms with Crippen molar-refractivity contribution >= 4 is 29.3 Å². The number of halogens is 1. The Morgan fingerprint density at radius 1 is 1.14 bits per heavy atom. The predicted molar refractivity (Wildman–Crippen MR) is 95.5 cm³/mol. The van der Waals surface area contributed by atoms with Crippen LogP contribution in [0.25, 0.3) is 0 Å². The van der Waals surface area contributed by atoms with Crippen molar-refractivity contribution < 1.29 is 4.79 Å². The van der Waals surface area contributed by atoms with E-state index >= 15 is 0 Å². The molecule has 0 aromatic heterocycles. The Kier molecular flexibility index (Phi) is 6.81. The van der Waals surface area contributed by atoms with E-state index in [0.717, 1.165) is 16.3 Å². The van der Waals surface area contributed by atoms with E-state index < -0.39 is 0 Å². The summed E-state index contributed by atoms with van der Waals surface area (Å²) >= 11 is 7.68. The smallest absolute Gasteiger partial charge is 0.230 e. The summed E-state index contributed by atoms with van der Waals surface area (Å²) < 4.78 is 0. The lowest BCUT2D eigenvalue weighted by Gasteiger charge is -2.13. The molecule has 4 heteroatoms. The van der Waals surface area contributed by atoms with Gasteiger partial charge in [0, 0.05) is 17.3 Å². The van der Waals surface area contributed by atoms with Gasteiger partial charge in [0.1, 0.15) is 0 Å². The first-order valence-electron chi connectivity index (χ1n) is 7.29. The van der Waals surface area contributed by atoms with Crippen LogP contribution in [0.5, 0.6) is 0 Å². The molecule has 0 saturated heterocycles. The fraction of sp³-hybridized carbons (Fsp3) is 0.278. The lowest BCUT2D eigenvalue weighted by atomic mass is 10.0. The predicted octanol–water partition coefficient (Wildman–Crippen LogP) is 4.49. The number of carbonyl (C=O) groups excluding carboxylic acids is 1. The average molecular weight is 334 g/mol. The van der Waals surface area contributed by atoms with E-state index in [2.05, 4.69) is 24.4 Å². The number of hydrogen-bond donors (Lipinski definition) is 1. The van der Waals surface area contributed by atoms with Crippen LogP contribution in [0.2, 0.25) is 5.02 Å². The van der Waals surface area contributed by atoms with Gasteiger partial charge in [0.2, 0.25) is 5.91 Å². The molecule has 22 heavy (non-hydrogen) atoms. The van der Waals surface area contributed by atoms with Crippen molar-refractivity contribution in [3.8, 4) is 0 Å². The van der Waals surface area contributed by atoms with Crippen LogP contribution >= 0.6 is 23.4 Å². The molecule has 0 bridgehead atoms. The highest BCUT2D eigenvalue weighted by Crippen LogP contribution is 2.20. The summed E-state index contributed by atoms with van der Waals surface area (Å²) in [4.78, 5) is 11.9. The molecule has 0 spiro atoms. The standard InChI is InChI=1S/C18H20ClNOS/c1-14(15-7-3-2-4-8-15)11-20-18(21)13-22-12-16-9-5-6-10-17(16)19/h2-10,14H,11-13H2,1H3,(H,20,21). The zero-order valence-corrected chi connectivity index (χ0v) is 14.2. The Labute approximate surface area is 141 Å². The summed E-state index contributed by atoms with van der Waals surface area (Å²) in [6, 6.07) is 18.0. The van der Waals surface area contributed by atoms with Crippen LogP contribution in [0.15, 0.2) is 54.6 Å². The van der Waals surface area contributed by atoms with Crippen LogP contribution in [-0.4, -0.2) is 18.2 Å². The van der Waals surface area contributed by atoms with Crippen LogP contribution in [0, 0.1) is 0 Å². The average Bonchev–Trinajstić information content (AvgIpc) is 2.55. The van der Waals surface area contributed by atoms with E-state index in [-0.39, 0.29) is 5.91 Å². The Bertz CT molecular complexity index is 603. The minimum absolute atomic E-state index is 0.0693. The van der Waals surface area contributed by atoms with Gasteiger partial charge in [-0.05, 0) is 23.1 Å². The highest BCUT2D eigenvalue weighted by molar-refractivity contribution is 7.99. The minimum atomic E-state index is 0.0693. The van der Waals surface area contributed by atoms with Crippen molar-refractivity contribution in [3.05, 3.63) is 70.7 Å². The Morgan fingerprint density at radius 2 is 1.82 bits per heavy atom. The van der Waals surface area contributed by atoms with Crippen LogP contribution in [0.1, 0.15) is 24.0 Å². The molecular formula is C18H20ClNOS. The maximum Gasteiger partial charge on any atom is 0.230 e. The van der Waals surface area contributed by atoms with E-state index in [1.807, 2.05) is 42.5 Å². The van der Waals surface area contributed by atoms with Gasteiger partial charge in [-0.2, -0.15) is 0 Å². The molecule has 2 aromatic rings. The van der Waals surface area contributed by atoms with Gasteiger partial charge in [-0.3, -0.25) is 4.79 Å². The lowest BCUT2D eigenvalue weighted by Crippen LogP contribution is -2.29. The second-order valence-electron chi connectivity index (χ2n) is 5.20. The van der Waals surface area contributed by atoms with E-state index in [4.69, 9.17) is 11.6 Å². The topological polar surface area (TPSA) is 29.1 Å². The van der Waals surface area contributed by atoms with Crippen molar-refractivity contribution in [2.45, 2.75) is 18.6 Å². The van der Waals surface area contributed by atoms with Gasteiger partial charge in [0.05, 0.1) is 5.75 Å². The molecule has 116 valence electrons. The van der Waals surface area contributed by atoms with Gasteiger partial charge in [-0.25, -0.2) is 0 Å². The number of amides is 1. The van der Waals surface area contributed by atoms with E-state index in [0.29, 0.717) is 18.2 Å². The number of carbonyl (C=O) groups is 1. The van der Waals surface area contributed by atoms with Gasteiger partial charge in [0.25, 0.3) is 0 Å². The molecule has 0 radical (unpaired) electrons. The maximum atomic E-state index is 11.9. The summed E-state index contributed by atoms with van der Waals surface area (Å²) in [6.45, 7) is 2.78. The quantitative estimate of drug-likeness (QED) is 0.808. The fourth-order valence-electron chi connectivity index (χ4n) is 2.09. The third-order valence-electron chi connectivity index (χ3n) is 3.42. The number of hydrogen-bond acceptors (Lipinski definition) is 2. The SMILES string of the molecule is CC(CNC(=O)CSCc1ccccc1Cl)c1ccccc1. The van der Waals surface area contributed by atoms with Gasteiger partial charge in [-0.15, -0.1) is 11.8 Å². The summed E-state index contributed by atoms with van der Waals surface area (Å²) in [6.07, 6.45) is 0. The van der Waals surface area contributed by atoms with Crippen LogP contribution in [-0.2, 0) is 10.5 Å². The Hall–Kier alpha value is -1.45. The molecule has 1 amide bonds. The number of thioether (sulfide) groups is 1. The summed E-state index contributed by atoms with van der Waals surface area (Å²) in [5, 5.41) is 3.75. The highest BCUT2D eigenvalue weighted by Gasteiger charge is 2.08. The Morgan fingerprint density at radius 3 is 2.55 bits per heavy atom. The summed E-state index contributed by atoms with van der Waals surface area (Å²) in [5.74, 6) is 1.59. The van der Waals surface area contributed by atoms with Crippen LogP contribution in [0.3, 0.4) is 0 Å². The fourth-order valence-corrected chi connectivity index (χ4v) is 3.23. The molecular weight excluding hydrogens is 314 g/mol. The van der Waals surface area contributed by atoms with Crippen LogP contribution < -0.4 is 5.32 Å². The largest absolute Gasteiger partial charge is 0.355 e. The van der Waals surface area contributed by atoms with Gasteiger partial charge in [0.15, 0.2) is 0 Å². The lowest BCUT2D eigenvalue weighted by molar-refractivity contribution is -0.118. The minimum Gasteiger partial charge on any atom is -0.355 e. The third-order valence-corrected chi connectivity index (χ3v) is 4.77. The molecule has 0 saturated carbocycles. The molecule has 1 unspecified atom stereocenters. The number of benzene rings is 2. The molecule has 0 fully saturated rings.